The summed E-state index contributed by atoms with van der Waals surface area (Å²) in [7, 11) is 0. The van der Waals surface area contributed by atoms with Crippen LogP contribution in [0.3, 0.4) is 0 Å². The normalized spacial score (nSPS) is 21.3. The summed E-state index contributed by atoms with van der Waals surface area (Å²) in [6.07, 6.45) is 5.28. The fraction of sp³-hybridized carbons (Fsp3) is 1.00. The van der Waals surface area contributed by atoms with E-state index in [0.29, 0.717) is 0 Å². The molecule has 2 heteroatoms. The fourth-order valence-corrected chi connectivity index (χ4v) is 1.58. The molecule has 0 aliphatic carbocycles. The molecule has 0 amide bonds. The summed E-state index contributed by atoms with van der Waals surface area (Å²) in [5.74, 6) is 0.963. The molecule has 0 atom stereocenters. The Kier molecular flexibility index (Phi) is 3.76. The standard InChI is InChI=1S/C8H18N2/c9-5-1-2-8-3-6-10-7-4-8/h8,10H,1-7,9H2. The van der Waals surface area contributed by atoms with Gasteiger partial charge in [0.15, 0.2) is 0 Å². The first-order chi connectivity index (χ1) is 4.93. The summed E-state index contributed by atoms with van der Waals surface area (Å²) in [4.78, 5) is 0. The summed E-state index contributed by atoms with van der Waals surface area (Å²) in [5.41, 5.74) is 5.43. The van der Waals surface area contributed by atoms with Crippen molar-refractivity contribution < 1.29 is 0 Å². The lowest BCUT2D eigenvalue weighted by atomic mass is 9.93. The second-order valence-electron chi connectivity index (χ2n) is 3.12. The van der Waals surface area contributed by atoms with Crippen LogP contribution in [0.4, 0.5) is 0 Å². The summed E-state index contributed by atoms with van der Waals surface area (Å²) in [5, 5.41) is 3.36. The van der Waals surface area contributed by atoms with E-state index in [4.69, 9.17) is 5.73 Å². The maximum Gasteiger partial charge on any atom is -0.00463 e. The van der Waals surface area contributed by atoms with E-state index in [-0.39, 0.29) is 0 Å². The first kappa shape index (κ1) is 8.02. The van der Waals surface area contributed by atoms with E-state index in [1.54, 1.807) is 0 Å². The van der Waals surface area contributed by atoms with Crippen LogP contribution in [-0.2, 0) is 0 Å². The molecule has 1 rings (SSSR count). The Labute approximate surface area is 63.2 Å². The molecule has 10 heavy (non-hydrogen) atoms. The molecule has 0 bridgehead atoms. The highest BCUT2D eigenvalue weighted by atomic mass is 14.9. The van der Waals surface area contributed by atoms with Crippen LogP contribution in [0.1, 0.15) is 25.7 Å². The van der Waals surface area contributed by atoms with E-state index < -0.39 is 0 Å². The molecule has 1 heterocycles. The molecule has 0 spiro atoms. The Morgan fingerprint density at radius 3 is 2.60 bits per heavy atom. The lowest BCUT2D eigenvalue weighted by Crippen LogP contribution is -2.27. The van der Waals surface area contributed by atoms with Crippen LogP contribution >= 0.6 is 0 Å². The molecule has 0 aromatic heterocycles. The highest BCUT2D eigenvalue weighted by Crippen LogP contribution is 2.16. The van der Waals surface area contributed by atoms with E-state index >= 15 is 0 Å². The predicted molar refractivity (Wildman–Crippen MR) is 43.9 cm³/mol. The molecule has 1 aliphatic heterocycles. The van der Waals surface area contributed by atoms with Gasteiger partial charge in [-0.05, 0) is 51.2 Å². The lowest BCUT2D eigenvalue weighted by Gasteiger charge is -2.21. The highest BCUT2D eigenvalue weighted by Gasteiger charge is 2.11. The van der Waals surface area contributed by atoms with Crippen LogP contribution in [0.5, 0.6) is 0 Å². The number of hydrogen-bond acceptors (Lipinski definition) is 2. The second kappa shape index (κ2) is 4.69. The van der Waals surface area contributed by atoms with Gasteiger partial charge in [-0.3, -0.25) is 0 Å². The summed E-state index contributed by atoms with van der Waals surface area (Å²) in [6, 6.07) is 0. The maximum atomic E-state index is 5.43. The van der Waals surface area contributed by atoms with Gasteiger partial charge in [0.2, 0.25) is 0 Å². The molecule has 0 aromatic rings. The van der Waals surface area contributed by atoms with Crippen molar-refractivity contribution in [1.29, 1.82) is 0 Å². The van der Waals surface area contributed by atoms with E-state index in [0.717, 1.165) is 12.5 Å². The number of nitrogens with one attached hydrogen (secondary N) is 1. The van der Waals surface area contributed by atoms with Crippen LogP contribution in [-0.4, -0.2) is 19.6 Å². The smallest absolute Gasteiger partial charge is 0.00463 e. The molecule has 2 nitrogen and oxygen atoms in total. The quantitative estimate of drug-likeness (QED) is 0.609. The Morgan fingerprint density at radius 2 is 2.00 bits per heavy atom. The van der Waals surface area contributed by atoms with Gasteiger partial charge < -0.3 is 11.1 Å². The third-order valence-corrected chi connectivity index (χ3v) is 2.28. The lowest BCUT2D eigenvalue weighted by molar-refractivity contribution is 0.349. The van der Waals surface area contributed by atoms with Crippen molar-refractivity contribution in [2.24, 2.45) is 11.7 Å². The van der Waals surface area contributed by atoms with Crippen LogP contribution in [0.25, 0.3) is 0 Å². The minimum absolute atomic E-state index is 0.865. The van der Waals surface area contributed by atoms with Crippen LogP contribution < -0.4 is 11.1 Å². The maximum absolute atomic E-state index is 5.43. The van der Waals surface area contributed by atoms with Gasteiger partial charge in [-0.1, -0.05) is 0 Å². The molecular formula is C8H18N2. The third kappa shape index (κ3) is 2.67. The zero-order chi connectivity index (χ0) is 7.23. The molecular weight excluding hydrogens is 124 g/mol. The van der Waals surface area contributed by atoms with Gasteiger partial charge in [0, 0.05) is 0 Å². The van der Waals surface area contributed by atoms with Crippen molar-refractivity contribution in [1.82, 2.24) is 5.32 Å². The van der Waals surface area contributed by atoms with E-state index in [9.17, 15) is 0 Å². The van der Waals surface area contributed by atoms with Crippen molar-refractivity contribution in [3.05, 3.63) is 0 Å². The van der Waals surface area contributed by atoms with Crippen molar-refractivity contribution in [2.45, 2.75) is 25.7 Å². The molecule has 1 saturated heterocycles. The van der Waals surface area contributed by atoms with Gasteiger partial charge in [0.1, 0.15) is 0 Å². The number of nitrogens with two attached hydrogens (primary N) is 1. The summed E-state index contributed by atoms with van der Waals surface area (Å²) >= 11 is 0. The first-order valence-electron chi connectivity index (χ1n) is 4.34. The molecule has 60 valence electrons. The topological polar surface area (TPSA) is 38.0 Å². The highest BCUT2D eigenvalue weighted by molar-refractivity contribution is 4.68. The molecule has 0 unspecified atom stereocenters. The Morgan fingerprint density at radius 1 is 1.30 bits per heavy atom. The van der Waals surface area contributed by atoms with Crippen LogP contribution in [0.2, 0.25) is 0 Å². The van der Waals surface area contributed by atoms with Crippen molar-refractivity contribution >= 4 is 0 Å². The number of piperidine rings is 1. The van der Waals surface area contributed by atoms with Crippen molar-refractivity contribution in [2.75, 3.05) is 19.6 Å². The van der Waals surface area contributed by atoms with Gasteiger partial charge in [-0.25, -0.2) is 0 Å². The van der Waals surface area contributed by atoms with Gasteiger partial charge in [-0.2, -0.15) is 0 Å². The molecule has 1 aliphatic rings. The van der Waals surface area contributed by atoms with E-state index in [1.165, 1.54) is 38.8 Å². The molecule has 1 fully saturated rings. The monoisotopic (exact) mass is 142 g/mol. The summed E-state index contributed by atoms with van der Waals surface area (Å²) < 4.78 is 0. The summed E-state index contributed by atoms with van der Waals surface area (Å²) in [6.45, 7) is 3.30. The average Bonchev–Trinajstić information content (AvgIpc) is 2.03. The van der Waals surface area contributed by atoms with Crippen LogP contribution in [0, 0.1) is 5.92 Å². The van der Waals surface area contributed by atoms with Gasteiger partial charge >= 0.3 is 0 Å². The molecule has 0 aromatic carbocycles. The van der Waals surface area contributed by atoms with Gasteiger partial charge in [0.05, 0.1) is 0 Å². The van der Waals surface area contributed by atoms with E-state index in [1.807, 2.05) is 0 Å². The Balaban J connectivity index is 2.02. The van der Waals surface area contributed by atoms with Crippen molar-refractivity contribution in [3.8, 4) is 0 Å². The minimum Gasteiger partial charge on any atom is -0.330 e. The Bertz CT molecular complexity index is 77.3. The number of hydrogen-bond donors (Lipinski definition) is 2. The molecule has 0 radical (unpaired) electrons. The van der Waals surface area contributed by atoms with Gasteiger partial charge in [0.25, 0.3) is 0 Å². The van der Waals surface area contributed by atoms with Crippen LogP contribution in [0.15, 0.2) is 0 Å². The predicted octanol–water partition coefficient (Wildman–Crippen LogP) is 0.725. The molecule has 0 saturated carbocycles. The van der Waals surface area contributed by atoms with Gasteiger partial charge in [-0.15, -0.1) is 0 Å². The average molecular weight is 142 g/mol. The molecule has 3 N–H and O–H groups in total. The van der Waals surface area contributed by atoms with E-state index in [2.05, 4.69) is 5.32 Å². The zero-order valence-corrected chi connectivity index (χ0v) is 6.60. The largest absolute Gasteiger partial charge is 0.330 e. The second-order valence-corrected chi connectivity index (χ2v) is 3.12. The minimum atomic E-state index is 0.865. The van der Waals surface area contributed by atoms with Crippen molar-refractivity contribution in [3.63, 3.8) is 0 Å². The fourth-order valence-electron chi connectivity index (χ4n) is 1.58. The third-order valence-electron chi connectivity index (χ3n) is 2.28. The number of rotatable bonds is 3. The first-order valence-corrected chi connectivity index (χ1v) is 4.34. The SMILES string of the molecule is NCCCC1CCNCC1. The zero-order valence-electron chi connectivity index (χ0n) is 6.60. The Hall–Kier alpha value is -0.0800.